The molecule has 7 heteroatoms. The number of rotatable bonds is 2. The van der Waals surface area contributed by atoms with Crippen LogP contribution in [0, 0.1) is 0 Å². The zero-order valence-electron chi connectivity index (χ0n) is 8.98. The summed E-state index contributed by atoms with van der Waals surface area (Å²) in [5.74, 6) is 0. The van der Waals surface area contributed by atoms with Crippen molar-refractivity contribution in [2.24, 2.45) is 0 Å². The van der Waals surface area contributed by atoms with E-state index in [2.05, 4.69) is 0 Å². The fraction of sp³-hybridized carbons (Fsp3) is 0.0909. The molecule has 1 aromatic heterocycles. The second-order valence-corrected chi connectivity index (χ2v) is 4.77. The van der Waals surface area contributed by atoms with Gasteiger partial charge in [0, 0.05) is 9.65 Å². The third-order valence-corrected chi connectivity index (χ3v) is 3.53. The largest absolute Gasteiger partial charge is 0.499 e. The highest BCUT2D eigenvalue weighted by molar-refractivity contribution is 7.24. The van der Waals surface area contributed by atoms with Crippen molar-refractivity contribution < 1.29 is 23.2 Å². The minimum absolute atomic E-state index is 0.294. The molecule has 0 bridgehead atoms. The van der Waals surface area contributed by atoms with Crippen LogP contribution in [0.3, 0.4) is 0 Å². The van der Waals surface area contributed by atoms with Gasteiger partial charge >= 0.3 is 13.3 Å². The normalized spacial score (nSPS) is 11.6. The van der Waals surface area contributed by atoms with Crippen LogP contribution in [-0.2, 0) is 6.18 Å². The highest BCUT2D eigenvalue weighted by Crippen LogP contribution is 2.33. The third kappa shape index (κ3) is 2.74. The molecule has 2 nitrogen and oxygen atoms in total. The zero-order chi connectivity index (χ0) is 13.3. The monoisotopic (exact) mass is 272 g/mol. The predicted molar refractivity (Wildman–Crippen MR) is 64.6 cm³/mol. The van der Waals surface area contributed by atoms with E-state index in [-0.39, 0.29) is 0 Å². The molecule has 0 atom stereocenters. The molecule has 0 amide bonds. The number of thiophene rings is 1. The smallest absolute Gasteiger partial charge is 0.423 e. The molecule has 0 radical (unpaired) electrons. The highest BCUT2D eigenvalue weighted by Gasteiger charge is 2.30. The van der Waals surface area contributed by atoms with Gasteiger partial charge in [0.2, 0.25) is 0 Å². The molecule has 2 aromatic rings. The van der Waals surface area contributed by atoms with Gasteiger partial charge in [-0.1, -0.05) is 18.2 Å². The van der Waals surface area contributed by atoms with E-state index in [1.165, 1.54) is 12.1 Å². The van der Waals surface area contributed by atoms with Gasteiger partial charge in [-0.25, -0.2) is 0 Å². The molecule has 0 saturated carbocycles. The van der Waals surface area contributed by atoms with Crippen molar-refractivity contribution in [3.05, 3.63) is 42.0 Å². The Morgan fingerprint density at radius 3 is 2.33 bits per heavy atom. The molecule has 18 heavy (non-hydrogen) atoms. The van der Waals surface area contributed by atoms with Crippen LogP contribution in [0.25, 0.3) is 10.4 Å². The Kier molecular flexibility index (Phi) is 3.47. The molecule has 0 aliphatic carbocycles. The number of benzene rings is 1. The van der Waals surface area contributed by atoms with E-state index >= 15 is 0 Å². The lowest BCUT2D eigenvalue weighted by atomic mass is 9.90. The van der Waals surface area contributed by atoms with Crippen LogP contribution in [0.4, 0.5) is 13.2 Å². The standard InChI is InChI=1S/C11H8BF3O2S/c13-11(14,15)8-3-1-2-7(6-8)9-4-5-10(18-9)12(16)17/h1-6,16-17H. The molecule has 94 valence electrons. The molecular weight excluding hydrogens is 264 g/mol. The first-order chi connectivity index (χ1) is 8.38. The van der Waals surface area contributed by atoms with Gasteiger partial charge in [-0.2, -0.15) is 13.2 Å². The fourth-order valence-electron chi connectivity index (χ4n) is 1.50. The van der Waals surface area contributed by atoms with Crippen LogP contribution < -0.4 is 4.78 Å². The lowest BCUT2D eigenvalue weighted by Crippen LogP contribution is -2.26. The maximum absolute atomic E-state index is 12.5. The average molecular weight is 272 g/mol. The van der Waals surface area contributed by atoms with Crippen molar-refractivity contribution in [2.45, 2.75) is 6.18 Å². The number of alkyl halides is 3. The minimum atomic E-state index is -4.38. The summed E-state index contributed by atoms with van der Waals surface area (Å²) in [5, 5.41) is 17.9. The van der Waals surface area contributed by atoms with Gasteiger partial charge in [-0.3, -0.25) is 0 Å². The first-order valence-electron chi connectivity index (χ1n) is 5.01. The van der Waals surface area contributed by atoms with E-state index in [0.29, 0.717) is 15.2 Å². The Morgan fingerprint density at radius 1 is 1.06 bits per heavy atom. The molecule has 0 saturated heterocycles. The summed E-state index contributed by atoms with van der Waals surface area (Å²) in [4.78, 5) is 0.559. The Balaban J connectivity index is 2.38. The molecule has 0 unspecified atom stereocenters. The van der Waals surface area contributed by atoms with E-state index in [9.17, 15) is 13.2 Å². The molecule has 2 rings (SSSR count). The number of halogens is 3. The maximum Gasteiger partial charge on any atom is 0.499 e. The van der Waals surface area contributed by atoms with E-state index in [1.807, 2.05) is 0 Å². The molecule has 1 aromatic carbocycles. The second-order valence-electron chi connectivity index (χ2n) is 3.65. The van der Waals surface area contributed by atoms with Crippen LogP contribution in [-0.4, -0.2) is 17.2 Å². The predicted octanol–water partition coefficient (Wildman–Crippen LogP) is 2.11. The maximum atomic E-state index is 12.5. The topological polar surface area (TPSA) is 40.5 Å². The highest BCUT2D eigenvalue weighted by atomic mass is 32.1. The Bertz CT molecular complexity index is 551. The number of hydrogen-bond acceptors (Lipinski definition) is 3. The van der Waals surface area contributed by atoms with Gasteiger partial charge in [-0.15, -0.1) is 11.3 Å². The molecule has 0 spiro atoms. The zero-order valence-corrected chi connectivity index (χ0v) is 9.79. The quantitative estimate of drug-likeness (QED) is 0.822. The molecule has 2 N–H and O–H groups in total. The molecule has 0 aliphatic heterocycles. The van der Waals surface area contributed by atoms with E-state index in [4.69, 9.17) is 10.0 Å². The lowest BCUT2D eigenvalue weighted by Gasteiger charge is -2.07. The third-order valence-electron chi connectivity index (χ3n) is 2.36. The van der Waals surface area contributed by atoms with Gasteiger partial charge in [0.05, 0.1) is 5.56 Å². The van der Waals surface area contributed by atoms with Crippen molar-refractivity contribution in [1.82, 2.24) is 0 Å². The van der Waals surface area contributed by atoms with Crippen LogP contribution in [0.15, 0.2) is 36.4 Å². The van der Waals surface area contributed by atoms with Crippen LogP contribution in [0.2, 0.25) is 0 Å². The van der Waals surface area contributed by atoms with E-state index < -0.39 is 18.9 Å². The summed E-state index contributed by atoms with van der Waals surface area (Å²) < 4.78 is 37.9. The minimum Gasteiger partial charge on any atom is -0.423 e. The van der Waals surface area contributed by atoms with Crippen molar-refractivity contribution >= 4 is 23.2 Å². The first-order valence-corrected chi connectivity index (χ1v) is 5.83. The van der Waals surface area contributed by atoms with Gasteiger partial charge in [0.1, 0.15) is 0 Å². The molecular formula is C11H8BF3O2S. The van der Waals surface area contributed by atoms with Gasteiger partial charge in [0.25, 0.3) is 0 Å². The summed E-state index contributed by atoms with van der Waals surface area (Å²) in [6.07, 6.45) is -4.38. The lowest BCUT2D eigenvalue weighted by molar-refractivity contribution is -0.137. The van der Waals surface area contributed by atoms with Crippen LogP contribution in [0.5, 0.6) is 0 Å². The van der Waals surface area contributed by atoms with Gasteiger partial charge in [-0.05, 0) is 23.8 Å². The fourth-order valence-corrected chi connectivity index (χ4v) is 2.37. The summed E-state index contributed by atoms with van der Waals surface area (Å²) in [7, 11) is -1.60. The first kappa shape index (κ1) is 13.1. The van der Waals surface area contributed by atoms with Crippen molar-refractivity contribution in [1.29, 1.82) is 0 Å². The SMILES string of the molecule is OB(O)c1ccc(-c2cccc(C(F)(F)F)c2)s1. The summed E-state index contributed by atoms with van der Waals surface area (Å²) in [6, 6.07) is 7.96. The van der Waals surface area contributed by atoms with E-state index in [1.54, 1.807) is 12.1 Å². The van der Waals surface area contributed by atoms with E-state index in [0.717, 1.165) is 23.5 Å². The summed E-state index contributed by atoms with van der Waals surface area (Å²) in [6.45, 7) is 0. The molecule has 0 aliphatic rings. The average Bonchev–Trinajstić information content (AvgIpc) is 2.77. The molecule has 1 heterocycles. The Morgan fingerprint density at radius 2 is 1.78 bits per heavy atom. The van der Waals surface area contributed by atoms with Crippen LogP contribution in [0.1, 0.15) is 5.56 Å². The van der Waals surface area contributed by atoms with Crippen molar-refractivity contribution in [3.63, 3.8) is 0 Å². The van der Waals surface area contributed by atoms with Crippen LogP contribution >= 0.6 is 11.3 Å². The second kappa shape index (κ2) is 4.76. The Labute approximate surface area is 105 Å². The number of hydrogen-bond donors (Lipinski definition) is 2. The summed E-state index contributed by atoms with van der Waals surface area (Å²) >= 11 is 1.05. The summed E-state index contributed by atoms with van der Waals surface area (Å²) in [5.41, 5.74) is -0.318. The Hall–Kier alpha value is -1.31. The van der Waals surface area contributed by atoms with Gasteiger partial charge < -0.3 is 10.0 Å². The van der Waals surface area contributed by atoms with Crippen molar-refractivity contribution in [2.75, 3.05) is 0 Å². The van der Waals surface area contributed by atoms with Crippen molar-refractivity contribution in [3.8, 4) is 10.4 Å². The molecule has 0 fully saturated rings. The van der Waals surface area contributed by atoms with Gasteiger partial charge in [0.15, 0.2) is 0 Å².